The minimum absolute atomic E-state index is 0.0512. The summed E-state index contributed by atoms with van der Waals surface area (Å²) in [6, 6.07) is 16.0. The molecule has 5 nitrogen and oxygen atoms in total. The summed E-state index contributed by atoms with van der Waals surface area (Å²) in [6.07, 6.45) is 0.405. The Balaban J connectivity index is 1.55. The first kappa shape index (κ1) is 19.1. The summed E-state index contributed by atoms with van der Waals surface area (Å²) in [5.41, 5.74) is 2.28. The van der Waals surface area contributed by atoms with Crippen LogP contribution in [0.2, 0.25) is 0 Å². The van der Waals surface area contributed by atoms with Gasteiger partial charge in [-0.25, -0.2) is 0 Å². The van der Waals surface area contributed by atoms with E-state index in [-0.39, 0.29) is 5.91 Å². The van der Waals surface area contributed by atoms with Gasteiger partial charge in [0.25, 0.3) is 5.91 Å². The summed E-state index contributed by atoms with van der Waals surface area (Å²) in [4.78, 5) is 17.0. The maximum atomic E-state index is 12.8. The lowest BCUT2D eigenvalue weighted by molar-refractivity contribution is -0.138. The van der Waals surface area contributed by atoms with Crippen molar-refractivity contribution in [2.75, 3.05) is 38.2 Å². The minimum atomic E-state index is -0.481. The van der Waals surface area contributed by atoms with Gasteiger partial charge in [-0.3, -0.25) is 4.79 Å². The number of nitrogens with zero attached hydrogens (tertiary/aromatic N) is 2. The van der Waals surface area contributed by atoms with Gasteiger partial charge >= 0.3 is 0 Å². The Bertz CT molecular complexity index is 752. The second kappa shape index (κ2) is 8.80. The van der Waals surface area contributed by atoms with Gasteiger partial charge in [0, 0.05) is 31.9 Å². The van der Waals surface area contributed by atoms with E-state index in [1.54, 1.807) is 7.11 Å². The second-order valence-corrected chi connectivity index (χ2v) is 6.73. The quantitative estimate of drug-likeness (QED) is 0.784. The number of rotatable bonds is 6. The fourth-order valence-corrected chi connectivity index (χ4v) is 3.39. The van der Waals surface area contributed by atoms with E-state index in [0.29, 0.717) is 13.1 Å². The average Bonchev–Trinajstić information content (AvgIpc) is 2.73. The number of hydrogen-bond acceptors (Lipinski definition) is 4. The molecule has 0 saturated carbocycles. The van der Waals surface area contributed by atoms with Gasteiger partial charge in [-0.15, -0.1) is 0 Å². The fourth-order valence-electron chi connectivity index (χ4n) is 3.39. The second-order valence-electron chi connectivity index (χ2n) is 6.73. The number of para-hydroxylation sites is 1. The lowest BCUT2D eigenvalue weighted by atomic mass is 10.1. The zero-order valence-corrected chi connectivity index (χ0v) is 16.4. The number of carbonyl (C=O) groups excluding carboxylic acids is 1. The summed E-state index contributed by atoms with van der Waals surface area (Å²) in [6.45, 7) is 6.96. The summed E-state index contributed by atoms with van der Waals surface area (Å²) in [5, 5.41) is 0. The Morgan fingerprint density at radius 2 is 1.70 bits per heavy atom. The Hall–Kier alpha value is -2.69. The molecule has 5 heteroatoms. The van der Waals surface area contributed by atoms with Crippen molar-refractivity contribution in [1.82, 2.24) is 4.90 Å². The molecule has 0 unspecified atom stereocenters. The topological polar surface area (TPSA) is 42.0 Å². The molecule has 0 N–H and O–H groups in total. The predicted octanol–water partition coefficient (Wildman–Crippen LogP) is 3.37. The highest BCUT2D eigenvalue weighted by atomic mass is 16.5. The van der Waals surface area contributed by atoms with Crippen LogP contribution in [0.1, 0.15) is 19.4 Å². The van der Waals surface area contributed by atoms with Crippen LogP contribution in [0.3, 0.4) is 0 Å². The summed E-state index contributed by atoms with van der Waals surface area (Å²) < 4.78 is 11.2. The molecule has 0 aliphatic carbocycles. The SMILES string of the molecule is CCc1ccccc1O[C@@H](C)C(=O)N1CCN(c2ccc(OC)cc2)CC1. The lowest BCUT2D eigenvalue weighted by Crippen LogP contribution is -2.52. The Kier molecular flexibility index (Phi) is 6.22. The van der Waals surface area contributed by atoms with E-state index in [1.165, 1.54) is 0 Å². The standard InChI is InChI=1S/C22H28N2O3/c1-4-18-7-5-6-8-21(18)27-17(2)22(25)24-15-13-23(14-16-24)19-9-11-20(26-3)12-10-19/h5-12,17H,4,13-16H2,1-3H3/t17-/m0/s1. The zero-order valence-electron chi connectivity index (χ0n) is 16.4. The third-order valence-corrected chi connectivity index (χ3v) is 5.03. The van der Waals surface area contributed by atoms with Crippen molar-refractivity contribution in [2.45, 2.75) is 26.4 Å². The van der Waals surface area contributed by atoms with E-state index in [2.05, 4.69) is 24.0 Å². The van der Waals surface area contributed by atoms with Gasteiger partial charge in [0.15, 0.2) is 6.10 Å². The van der Waals surface area contributed by atoms with Crippen molar-refractivity contribution in [1.29, 1.82) is 0 Å². The molecule has 1 aliphatic heterocycles. The summed E-state index contributed by atoms with van der Waals surface area (Å²) in [7, 11) is 1.67. The average molecular weight is 368 g/mol. The maximum absolute atomic E-state index is 12.8. The van der Waals surface area contributed by atoms with Crippen molar-refractivity contribution >= 4 is 11.6 Å². The fraction of sp³-hybridized carbons (Fsp3) is 0.409. The van der Waals surface area contributed by atoms with Gasteiger partial charge in [0.1, 0.15) is 11.5 Å². The monoisotopic (exact) mass is 368 g/mol. The number of benzene rings is 2. The third kappa shape index (κ3) is 4.54. The Labute approximate surface area is 161 Å². The number of methoxy groups -OCH3 is 1. The lowest BCUT2D eigenvalue weighted by Gasteiger charge is -2.37. The number of carbonyl (C=O) groups is 1. The van der Waals surface area contributed by atoms with Gasteiger partial charge in [-0.1, -0.05) is 25.1 Å². The number of anilines is 1. The summed E-state index contributed by atoms with van der Waals surface area (Å²) in [5.74, 6) is 1.71. The molecule has 3 rings (SSSR count). The van der Waals surface area contributed by atoms with Crippen molar-refractivity contribution in [3.05, 3.63) is 54.1 Å². The highest BCUT2D eigenvalue weighted by Crippen LogP contribution is 2.22. The number of piperazine rings is 1. The molecule has 1 heterocycles. The van der Waals surface area contributed by atoms with Crippen LogP contribution in [0.15, 0.2) is 48.5 Å². The Morgan fingerprint density at radius 3 is 2.33 bits per heavy atom. The molecule has 0 aromatic heterocycles. The first-order valence-corrected chi connectivity index (χ1v) is 9.54. The molecule has 1 aliphatic rings. The van der Waals surface area contributed by atoms with Gasteiger partial charge < -0.3 is 19.3 Å². The van der Waals surface area contributed by atoms with E-state index < -0.39 is 6.10 Å². The molecule has 1 fully saturated rings. The van der Waals surface area contributed by atoms with Crippen LogP contribution in [0.5, 0.6) is 11.5 Å². The van der Waals surface area contributed by atoms with E-state index in [9.17, 15) is 4.79 Å². The molecule has 1 amide bonds. The largest absolute Gasteiger partial charge is 0.497 e. The number of ether oxygens (including phenoxy) is 2. The Morgan fingerprint density at radius 1 is 1.04 bits per heavy atom. The molecular weight excluding hydrogens is 340 g/mol. The van der Waals surface area contributed by atoms with Crippen LogP contribution in [-0.2, 0) is 11.2 Å². The van der Waals surface area contributed by atoms with Crippen molar-refractivity contribution in [3.63, 3.8) is 0 Å². The molecule has 0 bridgehead atoms. The molecule has 2 aromatic carbocycles. The smallest absolute Gasteiger partial charge is 0.263 e. The van der Waals surface area contributed by atoms with Crippen LogP contribution < -0.4 is 14.4 Å². The van der Waals surface area contributed by atoms with Gasteiger partial charge in [-0.05, 0) is 49.2 Å². The number of aryl methyl sites for hydroxylation is 1. The van der Waals surface area contributed by atoms with Crippen LogP contribution >= 0.6 is 0 Å². The van der Waals surface area contributed by atoms with Crippen molar-refractivity contribution in [3.8, 4) is 11.5 Å². The van der Waals surface area contributed by atoms with Gasteiger partial charge in [-0.2, -0.15) is 0 Å². The zero-order chi connectivity index (χ0) is 19.2. The molecule has 0 spiro atoms. The minimum Gasteiger partial charge on any atom is -0.497 e. The molecule has 27 heavy (non-hydrogen) atoms. The van der Waals surface area contributed by atoms with Crippen LogP contribution in [0.4, 0.5) is 5.69 Å². The molecule has 144 valence electrons. The van der Waals surface area contributed by atoms with Gasteiger partial charge in [0.05, 0.1) is 7.11 Å². The van der Waals surface area contributed by atoms with Crippen LogP contribution in [-0.4, -0.2) is 50.2 Å². The first-order chi connectivity index (χ1) is 13.1. The normalized spacial score (nSPS) is 15.4. The molecule has 1 saturated heterocycles. The summed E-state index contributed by atoms with van der Waals surface area (Å²) >= 11 is 0. The van der Waals surface area contributed by atoms with E-state index >= 15 is 0 Å². The molecule has 0 radical (unpaired) electrons. The van der Waals surface area contributed by atoms with E-state index in [1.807, 2.05) is 48.2 Å². The van der Waals surface area contributed by atoms with Gasteiger partial charge in [0.2, 0.25) is 0 Å². The molecular formula is C22H28N2O3. The first-order valence-electron chi connectivity index (χ1n) is 9.54. The number of hydrogen-bond donors (Lipinski definition) is 0. The van der Waals surface area contributed by atoms with E-state index in [0.717, 1.165) is 42.3 Å². The third-order valence-electron chi connectivity index (χ3n) is 5.03. The van der Waals surface area contributed by atoms with Crippen molar-refractivity contribution in [2.24, 2.45) is 0 Å². The molecule has 2 aromatic rings. The molecule has 1 atom stereocenters. The van der Waals surface area contributed by atoms with Crippen molar-refractivity contribution < 1.29 is 14.3 Å². The maximum Gasteiger partial charge on any atom is 0.263 e. The predicted molar refractivity (Wildman–Crippen MR) is 108 cm³/mol. The highest BCUT2D eigenvalue weighted by Gasteiger charge is 2.26. The van der Waals surface area contributed by atoms with Crippen LogP contribution in [0, 0.1) is 0 Å². The van der Waals surface area contributed by atoms with E-state index in [4.69, 9.17) is 9.47 Å². The van der Waals surface area contributed by atoms with Crippen LogP contribution in [0.25, 0.3) is 0 Å². The highest BCUT2D eigenvalue weighted by molar-refractivity contribution is 5.81. The number of amides is 1.